The van der Waals surface area contributed by atoms with Crippen LogP contribution in [-0.4, -0.2) is 48.6 Å². The zero-order valence-corrected chi connectivity index (χ0v) is 12.4. The van der Waals surface area contributed by atoms with Crippen LogP contribution in [0.1, 0.15) is 25.5 Å². The molecule has 112 valence electrons. The lowest BCUT2D eigenvalue weighted by Crippen LogP contribution is -2.58. The standard InChI is InChI=1S/C15H23F2N3/c1-15(2)10-20(5-4-19(15)3)14(9-18)11-6-12(16)8-13(17)7-11/h6-8,14H,4-5,9-10,18H2,1-3H3. The van der Waals surface area contributed by atoms with Gasteiger partial charge in [0.05, 0.1) is 0 Å². The average Bonchev–Trinajstić information content (AvgIpc) is 2.33. The topological polar surface area (TPSA) is 32.5 Å². The van der Waals surface area contributed by atoms with Crippen LogP contribution >= 0.6 is 0 Å². The van der Waals surface area contributed by atoms with Gasteiger partial charge in [-0.25, -0.2) is 8.78 Å². The summed E-state index contributed by atoms with van der Waals surface area (Å²) in [5.74, 6) is -1.10. The number of nitrogens with two attached hydrogens (primary N) is 1. The van der Waals surface area contributed by atoms with Crippen molar-refractivity contribution >= 4 is 0 Å². The summed E-state index contributed by atoms with van der Waals surface area (Å²) >= 11 is 0. The van der Waals surface area contributed by atoms with E-state index < -0.39 is 11.6 Å². The summed E-state index contributed by atoms with van der Waals surface area (Å²) in [6, 6.07) is 3.51. The molecule has 5 heteroatoms. The maximum Gasteiger partial charge on any atom is 0.126 e. The summed E-state index contributed by atoms with van der Waals surface area (Å²) in [6.07, 6.45) is 0. The number of hydrogen-bond donors (Lipinski definition) is 1. The Bertz CT molecular complexity index is 456. The van der Waals surface area contributed by atoms with E-state index in [1.807, 2.05) is 0 Å². The highest BCUT2D eigenvalue weighted by Crippen LogP contribution is 2.28. The number of halogens is 2. The third-order valence-electron chi connectivity index (χ3n) is 4.28. The molecule has 0 amide bonds. The van der Waals surface area contributed by atoms with Crippen LogP contribution in [0.2, 0.25) is 0 Å². The Morgan fingerprint density at radius 1 is 1.20 bits per heavy atom. The molecule has 2 rings (SSSR count). The van der Waals surface area contributed by atoms with Crippen molar-refractivity contribution in [1.82, 2.24) is 9.80 Å². The minimum atomic E-state index is -0.549. The molecule has 0 aliphatic carbocycles. The molecule has 0 aromatic heterocycles. The van der Waals surface area contributed by atoms with Crippen LogP contribution in [0.4, 0.5) is 8.78 Å². The van der Waals surface area contributed by atoms with E-state index in [1.54, 1.807) is 0 Å². The quantitative estimate of drug-likeness (QED) is 0.921. The molecule has 1 heterocycles. The van der Waals surface area contributed by atoms with E-state index in [0.29, 0.717) is 12.1 Å². The van der Waals surface area contributed by atoms with Crippen molar-refractivity contribution in [2.45, 2.75) is 25.4 Å². The van der Waals surface area contributed by atoms with Crippen molar-refractivity contribution in [3.63, 3.8) is 0 Å². The number of piperazine rings is 1. The molecule has 0 spiro atoms. The van der Waals surface area contributed by atoms with Gasteiger partial charge in [0.15, 0.2) is 0 Å². The highest BCUT2D eigenvalue weighted by Gasteiger charge is 2.34. The predicted octanol–water partition coefficient (Wildman–Crippen LogP) is 1.99. The Morgan fingerprint density at radius 2 is 1.80 bits per heavy atom. The van der Waals surface area contributed by atoms with Crippen LogP contribution in [0.25, 0.3) is 0 Å². The zero-order valence-electron chi connectivity index (χ0n) is 12.4. The smallest absolute Gasteiger partial charge is 0.126 e. The molecule has 1 fully saturated rings. The summed E-state index contributed by atoms with van der Waals surface area (Å²) in [6.45, 7) is 7.27. The molecule has 1 saturated heterocycles. The number of likely N-dealkylation sites (N-methyl/N-ethyl adjacent to an activating group) is 1. The van der Waals surface area contributed by atoms with Crippen LogP contribution in [0.15, 0.2) is 18.2 Å². The van der Waals surface area contributed by atoms with Crippen LogP contribution in [0.3, 0.4) is 0 Å². The minimum absolute atomic E-state index is 0.0253. The lowest BCUT2D eigenvalue weighted by molar-refractivity contribution is 0.0179. The second kappa shape index (κ2) is 5.76. The van der Waals surface area contributed by atoms with Crippen molar-refractivity contribution in [2.75, 3.05) is 33.2 Å². The summed E-state index contributed by atoms with van der Waals surface area (Å²) in [4.78, 5) is 4.51. The Hall–Kier alpha value is -1.04. The molecule has 3 nitrogen and oxygen atoms in total. The fraction of sp³-hybridized carbons (Fsp3) is 0.600. The zero-order chi connectivity index (χ0) is 14.9. The van der Waals surface area contributed by atoms with Gasteiger partial charge in [0, 0.05) is 43.8 Å². The Kier molecular flexibility index (Phi) is 4.42. The molecule has 1 unspecified atom stereocenters. The van der Waals surface area contributed by atoms with E-state index in [9.17, 15) is 8.78 Å². The second-order valence-corrected chi connectivity index (χ2v) is 6.16. The maximum absolute atomic E-state index is 13.4. The third kappa shape index (κ3) is 3.16. The molecule has 1 aromatic carbocycles. The average molecular weight is 283 g/mol. The third-order valence-corrected chi connectivity index (χ3v) is 4.28. The van der Waals surface area contributed by atoms with Crippen LogP contribution in [0.5, 0.6) is 0 Å². The molecule has 20 heavy (non-hydrogen) atoms. The van der Waals surface area contributed by atoms with Gasteiger partial charge in [-0.05, 0) is 38.6 Å². The van der Waals surface area contributed by atoms with Gasteiger partial charge in [0.25, 0.3) is 0 Å². The van der Waals surface area contributed by atoms with Gasteiger partial charge in [-0.2, -0.15) is 0 Å². The first-order valence-electron chi connectivity index (χ1n) is 6.95. The summed E-state index contributed by atoms with van der Waals surface area (Å²) in [7, 11) is 2.09. The van der Waals surface area contributed by atoms with Crippen LogP contribution < -0.4 is 5.73 Å². The number of nitrogens with zero attached hydrogens (tertiary/aromatic N) is 2. The Morgan fingerprint density at radius 3 is 2.30 bits per heavy atom. The van der Waals surface area contributed by atoms with E-state index in [2.05, 4.69) is 30.7 Å². The number of rotatable bonds is 3. The SMILES string of the molecule is CN1CCN(C(CN)c2cc(F)cc(F)c2)CC1(C)C. The summed E-state index contributed by atoms with van der Waals surface area (Å²) in [5, 5.41) is 0. The van der Waals surface area contributed by atoms with Crippen LogP contribution in [0, 0.1) is 11.6 Å². The van der Waals surface area contributed by atoms with Crippen LogP contribution in [-0.2, 0) is 0 Å². The van der Waals surface area contributed by atoms with Crippen molar-refractivity contribution in [2.24, 2.45) is 5.73 Å². The molecule has 0 saturated carbocycles. The molecular weight excluding hydrogens is 260 g/mol. The maximum atomic E-state index is 13.4. The Balaban J connectivity index is 2.24. The molecule has 1 atom stereocenters. The molecular formula is C15H23F2N3. The van der Waals surface area contributed by atoms with Crippen molar-refractivity contribution in [3.8, 4) is 0 Å². The monoisotopic (exact) mass is 283 g/mol. The normalized spacial score (nSPS) is 21.9. The molecule has 1 aliphatic rings. The first kappa shape index (κ1) is 15.4. The Labute approximate surface area is 119 Å². The van der Waals surface area contributed by atoms with Crippen molar-refractivity contribution < 1.29 is 8.78 Å². The largest absolute Gasteiger partial charge is 0.329 e. The highest BCUT2D eigenvalue weighted by atomic mass is 19.1. The molecule has 1 aliphatic heterocycles. The van der Waals surface area contributed by atoms with Gasteiger partial charge in [-0.3, -0.25) is 9.80 Å². The fourth-order valence-corrected chi connectivity index (χ4v) is 2.81. The van der Waals surface area contributed by atoms with E-state index in [1.165, 1.54) is 12.1 Å². The minimum Gasteiger partial charge on any atom is -0.329 e. The first-order chi connectivity index (χ1) is 9.33. The van der Waals surface area contributed by atoms with Crippen molar-refractivity contribution in [3.05, 3.63) is 35.4 Å². The highest BCUT2D eigenvalue weighted by molar-refractivity contribution is 5.22. The molecule has 1 aromatic rings. The molecule has 0 radical (unpaired) electrons. The number of hydrogen-bond acceptors (Lipinski definition) is 3. The van der Waals surface area contributed by atoms with E-state index in [-0.39, 0.29) is 11.6 Å². The first-order valence-corrected chi connectivity index (χ1v) is 6.95. The predicted molar refractivity (Wildman–Crippen MR) is 76.4 cm³/mol. The molecule has 2 N–H and O–H groups in total. The van der Waals surface area contributed by atoms with Gasteiger partial charge in [0.2, 0.25) is 0 Å². The summed E-state index contributed by atoms with van der Waals surface area (Å²) < 4.78 is 26.8. The molecule has 0 bridgehead atoms. The fourth-order valence-electron chi connectivity index (χ4n) is 2.81. The number of benzene rings is 1. The van der Waals surface area contributed by atoms with E-state index in [0.717, 1.165) is 25.7 Å². The van der Waals surface area contributed by atoms with Crippen molar-refractivity contribution in [1.29, 1.82) is 0 Å². The van der Waals surface area contributed by atoms with Gasteiger partial charge >= 0.3 is 0 Å². The van der Waals surface area contributed by atoms with Gasteiger partial charge in [0.1, 0.15) is 11.6 Å². The lowest BCUT2D eigenvalue weighted by atomic mass is 9.96. The second-order valence-electron chi connectivity index (χ2n) is 6.16. The van der Waals surface area contributed by atoms with Gasteiger partial charge in [-0.1, -0.05) is 0 Å². The van der Waals surface area contributed by atoms with E-state index in [4.69, 9.17) is 5.73 Å². The van der Waals surface area contributed by atoms with Gasteiger partial charge in [-0.15, -0.1) is 0 Å². The lowest BCUT2D eigenvalue weighted by Gasteiger charge is -2.48. The van der Waals surface area contributed by atoms with Gasteiger partial charge < -0.3 is 5.73 Å². The summed E-state index contributed by atoms with van der Waals surface area (Å²) in [5.41, 5.74) is 6.50. The van der Waals surface area contributed by atoms with E-state index >= 15 is 0 Å².